The Balaban J connectivity index is 1.82. The minimum Gasteiger partial charge on any atom is -0.494 e. The Kier molecular flexibility index (Phi) is 5.46. The van der Waals surface area contributed by atoms with Crippen molar-refractivity contribution >= 4 is 28.3 Å². The highest BCUT2D eigenvalue weighted by Crippen LogP contribution is 2.29. The molecule has 1 N–H and O–H groups in total. The van der Waals surface area contributed by atoms with Crippen LogP contribution in [0.4, 0.5) is 11.5 Å². The molecule has 0 saturated carbocycles. The van der Waals surface area contributed by atoms with Crippen LogP contribution >= 0.6 is 0 Å². The highest BCUT2D eigenvalue weighted by molar-refractivity contribution is 6.06. The van der Waals surface area contributed by atoms with Crippen LogP contribution < -0.4 is 10.1 Å². The van der Waals surface area contributed by atoms with Gasteiger partial charge in [-0.2, -0.15) is 15.0 Å². The third-order valence-corrected chi connectivity index (χ3v) is 5.30. The number of aryl methyl sites for hydroxylation is 1. The number of fused-ring (bicyclic) bond motifs is 1. The summed E-state index contributed by atoms with van der Waals surface area (Å²) < 4.78 is 6.78. The van der Waals surface area contributed by atoms with E-state index >= 15 is 0 Å². The molecule has 10 nitrogen and oxygen atoms in total. The second kappa shape index (κ2) is 8.39. The van der Waals surface area contributed by atoms with E-state index in [9.17, 15) is 20.2 Å². The number of rotatable bonds is 5. The van der Waals surface area contributed by atoms with Gasteiger partial charge in [0.05, 0.1) is 18.2 Å². The van der Waals surface area contributed by atoms with E-state index in [-0.39, 0.29) is 28.2 Å². The van der Waals surface area contributed by atoms with E-state index in [1.54, 1.807) is 19.2 Å². The second-order valence-electron chi connectivity index (χ2n) is 7.25. The summed E-state index contributed by atoms with van der Waals surface area (Å²) in [6, 6.07) is 13.6. The molecule has 164 valence electrons. The Morgan fingerprint density at radius 2 is 2.00 bits per heavy atom. The molecule has 0 aliphatic rings. The Labute approximate surface area is 188 Å². The Morgan fingerprint density at radius 1 is 1.24 bits per heavy atom. The fraction of sp³-hybridized carbons (Fsp3) is 0.130. The van der Waals surface area contributed by atoms with Gasteiger partial charge in [0, 0.05) is 22.6 Å². The lowest BCUT2D eigenvalue weighted by Gasteiger charge is -2.13. The summed E-state index contributed by atoms with van der Waals surface area (Å²) in [4.78, 5) is 28.4. The van der Waals surface area contributed by atoms with Crippen LogP contribution in [0.2, 0.25) is 0 Å². The Hall–Kier alpha value is -4.78. The number of para-hydroxylation sites is 1. The first kappa shape index (κ1) is 21.5. The molecule has 0 aliphatic heterocycles. The number of carbonyl (C=O) groups excluding carboxylic acids is 1. The number of ether oxygens (including phenoxy) is 1. The minimum atomic E-state index is -0.607. The van der Waals surface area contributed by atoms with Crippen LogP contribution in [-0.2, 0) is 0 Å². The number of nitro groups is 1. The summed E-state index contributed by atoms with van der Waals surface area (Å²) in [6.07, 6.45) is 1.32. The first-order valence-corrected chi connectivity index (χ1v) is 9.84. The summed E-state index contributed by atoms with van der Waals surface area (Å²) in [5, 5.41) is 28.6. The lowest BCUT2D eigenvalue weighted by Crippen LogP contribution is -2.18. The molecule has 10 heteroatoms. The molecule has 0 saturated heterocycles. The van der Waals surface area contributed by atoms with Gasteiger partial charge in [0.2, 0.25) is 0 Å². The van der Waals surface area contributed by atoms with Gasteiger partial charge in [0.25, 0.3) is 11.6 Å². The molecule has 0 fully saturated rings. The average Bonchev–Trinajstić information content (AvgIpc) is 3.20. The summed E-state index contributed by atoms with van der Waals surface area (Å²) in [7, 11) is 1.55. The van der Waals surface area contributed by atoms with Crippen LogP contribution in [0.25, 0.3) is 16.7 Å². The molecule has 0 atom stereocenters. The van der Waals surface area contributed by atoms with Crippen LogP contribution in [0.5, 0.6) is 5.75 Å². The number of nitrogens with one attached hydrogen (secondary N) is 1. The average molecular weight is 442 g/mol. The molecular formula is C23H18N6O4. The summed E-state index contributed by atoms with van der Waals surface area (Å²) >= 11 is 0. The second-order valence-corrected chi connectivity index (χ2v) is 7.25. The molecule has 0 unspecified atom stereocenters. The Morgan fingerprint density at radius 3 is 2.70 bits per heavy atom. The molecule has 0 aliphatic carbocycles. The quantitative estimate of drug-likeness (QED) is 0.363. The maximum atomic E-state index is 13.0. The molecule has 2 heterocycles. The molecule has 0 bridgehead atoms. The monoisotopic (exact) mass is 442 g/mol. The fourth-order valence-electron chi connectivity index (χ4n) is 3.61. The number of pyridine rings is 1. The third-order valence-electron chi connectivity index (χ3n) is 5.30. The lowest BCUT2D eigenvalue weighted by atomic mass is 10.1. The smallest absolute Gasteiger partial charge is 0.273 e. The predicted molar refractivity (Wildman–Crippen MR) is 121 cm³/mol. The van der Waals surface area contributed by atoms with E-state index in [1.807, 2.05) is 25.1 Å². The van der Waals surface area contributed by atoms with Gasteiger partial charge in [-0.25, -0.2) is 4.98 Å². The SMILES string of the molecule is COc1cccc2c(C)cc(-n3ncc(C#N)c3NC(=O)c3cccc([N+](=O)[O-])c3C)nc12. The zero-order valence-corrected chi connectivity index (χ0v) is 18.0. The van der Waals surface area contributed by atoms with E-state index in [2.05, 4.69) is 15.4 Å². The van der Waals surface area contributed by atoms with Crippen LogP contribution in [0.15, 0.2) is 48.7 Å². The number of nitriles is 1. The van der Waals surface area contributed by atoms with Crippen LogP contribution in [-0.4, -0.2) is 32.7 Å². The number of anilines is 1. The number of aromatic nitrogens is 3. The largest absolute Gasteiger partial charge is 0.494 e. The number of hydrogen-bond donors (Lipinski definition) is 1. The first-order valence-electron chi connectivity index (χ1n) is 9.84. The number of benzene rings is 2. The zero-order chi connectivity index (χ0) is 23.7. The van der Waals surface area contributed by atoms with E-state index in [0.717, 1.165) is 10.9 Å². The van der Waals surface area contributed by atoms with E-state index in [0.29, 0.717) is 17.1 Å². The van der Waals surface area contributed by atoms with Crippen LogP contribution in [0.1, 0.15) is 27.0 Å². The maximum absolute atomic E-state index is 13.0. The van der Waals surface area contributed by atoms with Gasteiger partial charge in [-0.1, -0.05) is 18.2 Å². The standard InChI is InChI=1S/C23H18N6O4/c1-13-10-20(26-21-16(13)6-5-9-19(21)33-3)28-22(15(11-24)12-25-28)27-23(30)17-7-4-8-18(14(17)2)29(31)32/h4-10,12H,1-3H3,(H,27,30). The van der Waals surface area contributed by atoms with Crippen molar-refractivity contribution in [1.29, 1.82) is 5.26 Å². The molecule has 1 amide bonds. The fourth-order valence-corrected chi connectivity index (χ4v) is 3.61. The normalized spacial score (nSPS) is 10.6. The van der Waals surface area contributed by atoms with Gasteiger partial charge in [-0.15, -0.1) is 0 Å². The molecule has 4 rings (SSSR count). The molecule has 33 heavy (non-hydrogen) atoms. The topological polar surface area (TPSA) is 136 Å². The first-order chi connectivity index (χ1) is 15.8. The van der Waals surface area contributed by atoms with Crippen molar-refractivity contribution in [2.75, 3.05) is 12.4 Å². The summed E-state index contributed by atoms with van der Waals surface area (Å²) in [5.41, 5.74) is 1.78. The number of nitro benzene ring substituents is 1. The molecule has 4 aromatic rings. The van der Waals surface area contributed by atoms with E-state index in [1.165, 1.54) is 36.0 Å². The van der Waals surface area contributed by atoms with Crippen molar-refractivity contribution in [1.82, 2.24) is 14.8 Å². The molecular weight excluding hydrogens is 424 g/mol. The lowest BCUT2D eigenvalue weighted by molar-refractivity contribution is -0.385. The predicted octanol–water partition coefficient (Wildman–Crippen LogP) is 4.08. The van der Waals surface area contributed by atoms with Gasteiger partial charge in [-0.05, 0) is 37.6 Å². The summed E-state index contributed by atoms with van der Waals surface area (Å²) in [6.45, 7) is 3.41. The number of carbonyl (C=O) groups is 1. The number of hydrogen-bond acceptors (Lipinski definition) is 7. The van der Waals surface area contributed by atoms with Gasteiger partial charge >= 0.3 is 0 Å². The van der Waals surface area contributed by atoms with Crippen LogP contribution in [0, 0.1) is 35.3 Å². The van der Waals surface area contributed by atoms with E-state index < -0.39 is 10.8 Å². The van der Waals surface area contributed by atoms with Crippen molar-refractivity contribution < 1.29 is 14.5 Å². The van der Waals surface area contributed by atoms with E-state index in [4.69, 9.17) is 4.74 Å². The van der Waals surface area contributed by atoms with Crippen molar-refractivity contribution in [2.45, 2.75) is 13.8 Å². The van der Waals surface area contributed by atoms with Crippen molar-refractivity contribution in [2.24, 2.45) is 0 Å². The molecule has 0 radical (unpaired) electrons. The van der Waals surface area contributed by atoms with Crippen molar-refractivity contribution in [3.63, 3.8) is 0 Å². The van der Waals surface area contributed by atoms with Gasteiger partial charge < -0.3 is 10.1 Å². The highest BCUT2D eigenvalue weighted by Gasteiger charge is 2.22. The zero-order valence-electron chi connectivity index (χ0n) is 18.0. The number of nitrogens with zero attached hydrogens (tertiary/aromatic N) is 5. The Bertz CT molecular complexity index is 1470. The molecule has 2 aromatic carbocycles. The van der Waals surface area contributed by atoms with Crippen molar-refractivity contribution in [3.05, 3.63) is 81.0 Å². The van der Waals surface area contributed by atoms with Gasteiger partial charge in [0.15, 0.2) is 11.6 Å². The molecule has 2 aromatic heterocycles. The van der Waals surface area contributed by atoms with Crippen LogP contribution in [0.3, 0.4) is 0 Å². The van der Waals surface area contributed by atoms with Gasteiger partial charge in [-0.3, -0.25) is 14.9 Å². The molecule has 0 spiro atoms. The minimum absolute atomic E-state index is 0.106. The number of methoxy groups -OCH3 is 1. The van der Waals surface area contributed by atoms with Crippen molar-refractivity contribution in [3.8, 4) is 17.6 Å². The highest BCUT2D eigenvalue weighted by atomic mass is 16.6. The maximum Gasteiger partial charge on any atom is 0.273 e. The third kappa shape index (κ3) is 3.72. The summed E-state index contributed by atoms with van der Waals surface area (Å²) in [5.74, 6) is 0.444. The van der Waals surface area contributed by atoms with Gasteiger partial charge in [0.1, 0.15) is 22.9 Å². The number of amides is 1.